The van der Waals surface area contributed by atoms with Crippen LogP contribution < -0.4 is 9.64 Å². The molecule has 0 radical (unpaired) electrons. The Morgan fingerprint density at radius 3 is 2.59 bits per heavy atom. The maximum absolute atomic E-state index is 13.1. The summed E-state index contributed by atoms with van der Waals surface area (Å²) in [7, 11) is 0. The molecule has 1 aliphatic heterocycles. The van der Waals surface area contributed by atoms with E-state index in [9.17, 15) is 22.4 Å². The third-order valence-electron chi connectivity index (χ3n) is 4.49. The molecular formula is C19H18BrF4N3O2. The van der Waals surface area contributed by atoms with E-state index in [2.05, 4.69) is 20.9 Å². The number of pyridine rings is 1. The van der Waals surface area contributed by atoms with Crippen LogP contribution in [0.15, 0.2) is 41.0 Å². The molecule has 1 amide bonds. The molecule has 1 aromatic heterocycles. The van der Waals surface area contributed by atoms with Gasteiger partial charge in [-0.2, -0.15) is 13.2 Å². The lowest BCUT2D eigenvalue weighted by Gasteiger charge is -2.23. The van der Waals surface area contributed by atoms with Gasteiger partial charge in [0.25, 0.3) is 5.91 Å². The van der Waals surface area contributed by atoms with Gasteiger partial charge >= 0.3 is 6.18 Å². The monoisotopic (exact) mass is 475 g/mol. The van der Waals surface area contributed by atoms with E-state index in [0.29, 0.717) is 48.6 Å². The normalized spacial score (nSPS) is 15.2. The van der Waals surface area contributed by atoms with Crippen molar-refractivity contribution in [2.45, 2.75) is 12.6 Å². The van der Waals surface area contributed by atoms with Crippen molar-refractivity contribution < 1.29 is 27.1 Å². The number of halogens is 5. The van der Waals surface area contributed by atoms with Gasteiger partial charge in [-0.25, -0.2) is 9.37 Å². The van der Waals surface area contributed by atoms with E-state index < -0.39 is 17.6 Å². The van der Waals surface area contributed by atoms with Gasteiger partial charge in [0.1, 0.15) is 17.4 Å². The Labute approximate surface area is 173 Å². The number of carbonyl (C=O) groups is 1. The molecule has 1 aliphatic rings. The van der Waals surface area contributed by atoms with Gasteiger partial charge < -0.3 is 14.5 Å². The molecule has 0 unspecified atom stereocenters. The van der Waals surface area contributed by atoms with Crippen LogP contribution in [-0.2, 0) is 11.0 Å². The second-order valence-corrected chi connectivity index (χ2v) is 7.34. The van der Waals surface area contributed by atoms with Gasteiger partial charge in [0.2, 0.25) is 0 Å². The van der Waals surface area contributed by atoms with Gasteiger partial charge in [-0.1, -0.05) is 0 Å². The molecule has 10 heteroatoms. The zero-order valence-corrected chi connectivity index (χ0v) is 16.8. The van der Waals surface area contributed by atoms with Gasteiger partial charge in [-0.05, 0) is 52.7 Å². The lowest BCUT2D eigenvalue weighted by atomic mass is 10.2. The maximum atomic E-state index is 13.1. The predicted molar refractivity (Wildman–Crippen MR) is 102 cm³/mol. The molecule has 5 nitrogen and oxygen atoms in total. The highest BCUT2D eigenvalue weighted by Crippen LogP contribution is 2.29. The van der Waals surface area contributed by atoms with Crippen LogP contribution in [0.25, 0.3) is 0 Å². The van der Waals surface area contributed by atoms with E-state index >= 15 is 0 Å². The number of rotatable bonds is 4. The molecule has 3 rings (SSSR count). The maximum Gasteiger partial charge on any atom is 0.417 e. The first kappa shape index (κ1) is 21.4. The molecule has 0 N–H and O–H groups in total. The second kappa shape index (κ2) is 8.98. The number of amides is 1. The largest absolute Gasteiger partial charge is 0.483 e. The minimum atomic E-state index is -4.42. The van der Waals surface area contributed by atoms with Crippen molar-refractivity contribution in [2.24, 2.45) is 0 Å². The summed E-state index contributed by atoms with van der Waals surface area (Å²) in [5.41, 5.74) is -0.794. The molecular weight excluding hydrogens is 458 g/mol. The summed E-state index contributed by atoms with van der Waals surface area (Å²) in [6.07, 6.45) is -2.96. The summed E-state index contributed by atoms with van der Waals surface area (Å²) in [6.45, 7) is 1.74. The number of alkyl halides is 3. The lowest BCUT2D eigenvalue weighted by Crippen LogP contribution is -2.38. The average Bonchev–Trinajstić information content (AvgIpc) is 2.93. The van der Waals surface area contributed by atoms with Crippen molar-refractivity contribution >= 4 is 27.7 Å². The predicted octanol–water partition coefficient (Wildman–Crippen LogP) is 4.12. The fourth-order valence-electron chi connectivity index (χ4n) is 2.96. The number of carbonyl (C=O) groups excluding carboxylic acids is 1. The lowest BCUT2D eigenvalue weighted by molar-refractivity contribution is -0.137. The van der Waals surface area contributed by atoms with E-state index in [0.717, 1.165) is 12.3 Å². The van der Waals surface area contributed by atoms with Crippen LogP contribution in [0.2, 0.25) is 0 Å². The van der Waals surface area contributed by atoms with Crippen molar-refractivity contribution in [1.82, 2.24) is 9.88 Å². The van der Waals surface area contributed by atoms with Gasteiger partial charge in [-0.3, -0.25) is 4.79 Å². The Hall–Kier alpha value is -2.36. The highest BCUT2D eigenvalue weighted by Gasteiger charge is 2.31. The van der Waals surface area contributed by atoms with E-state index in [1.54, 1.807) is 4.90 Å². The molecule has 1 fully saturated rings. The molecule has 1 aromatic carbocycles. The van der Waals surface area contributed by atoms with Gasteiger partial charge in [0.05, 0.1) is 10.0 Å². The van der Waals surface area contributed by atoms with Gasteiger partial charge in [0.15, 0.2) is 6.61 Å². The van der Waals surface area contributed by atoms with Crippen LogP contribution in [0.5, 0.6) is 5.75 Å². The number of nitrogens with zero attached hydrogens (tertiary/aromatic N) is 3. The van der Waals surface area contributed by atoms with Crippen LogP contribution in [0, 0.1) is 5.82 Å². The summed E-state index contributed by atoms with van der Waals surface area (Å²) in [6, 6.07) is 6.28. The van der Waals surface area contributed by atoms with Gasteiger partial charge in [-0.15, -0.1) is 0 Å². The SMILES string of the molecule is O=C(COc1ccc(F)cc1Br)N1CCCN(c2ccc(C(F)(F)F)cn2)CC1. The smallest absolute Gasteiger partial charge is 0.417 e. The van der Waals surface area contributed by atoms with Crippen molar-refractivity contribution in [3.8, 4) is 5.75 Å². The fraction of sp³-hybridized carbons (Fsp3) is 0.368. The first-order valence-electron chi connectivity index (χ1n) is 8.88. The quantitative estimate of drug-likeness (QED) is 0.624. The second-order valence-electron chi connectivity index (χ2n) is 6.49. The number of hydrogen-bond donors (Lipinski definition) is 0. The summed E-state index contributed by atoms with van der Waals surface area (Å²) >= 11 is 3.18. The molecule has 29 heavy (non-hydrogen) atoms. The summed E-state index contributed by atoms with van der Waals surface area (Å²) in [5, 5.41) is 0. The van der Waals surface area contributed by atoms with E-state index in [4.69, 9.17) is 4.74 Å². The van der Waals surface area contributed by atoms with Crippen molar-refractivity contribution in [3.05, 3.63) is 52.4 Å². The molecule has 0 spiro atoms. The molecule has 1 saturated heterocycles. The molecule has 0 atom stereocenters. The minimum absolute atomic E-state index is 0.192. The summed E-state index contributed by atoms with van der Waals surface area (Å²) in [5.74, 6) is 0.174. The topological polar surface area (TPSA) is 45.7 Å². The van der Waals surface area contributed by atoms with Crippen LogP contribution in [-0.4, -0.2) is 48.6 Å². The highest BCUT2D eigenvalue weighted by atomic mass is 79.9. The highest BCUT2D eigenvalue weighted by molar-refractivity contribution is 9.10. The van der Waals surface area contributed by atoms with Crippen LogP contribution >= 0.6 is 15.9 Å². The Bertz CT molecular complexity index is 862. The molecule has 156 valence electrons. The number of anilines is 1. The number of aromatic nitrogens is 1. The zero-order valence-electron chi connectivity index (χ0n) is 15.3. The van der Waals surface area contributed by atoms with E-state index in [1.807, 2.05) is 4.90 Å². The molecule has 2 aromatic rings. The summed E-state index contributed by atoms with van der Waals surface area (Å²) < 4.78 is 57.0. The summed E-state index contributed by atoms with van der Waals surface area (Å²) in [4.78, 5) is 19.9. The Morgan fingerprint density at radius 2 is 1.93 bits per heavy atom. The zero-order chi connectivity index (χ0) is 21.0. The van der Waals surface area contributed by atoms with Crippen LogP contribution in [0.3, 0.4) is 0 Å². The van der Waals surface area contributed by atoms with E-state index in [-0.39, 0.29) is 12.5 Å². The molecule has 0 aliphatic carbocycles. The fourth-order valence-corrected chi connectivity index (χ4v) is 3.43. The van der Waals surface area contributed by atoms with Crippen LogP contribution in [0.1, 0.15) is 12.0 Å². The van der Waals surface area contributed by atoms with Crippen LogP contribution in [0.4, 0.5) is 23.4 Å². The number of ether oxygens (including phenoxy) is 1. The van der Waals surface area contributed by atoms with E-state index in [1.165, 1.54) is 24.3 Å². The van der Waals surface area contributed by atoms with Crippen molar-refractivity contribution in [2.75, 3.05) is 37.7 Å². The van der Waals surface area contributed by atoms with Crippen molar-refractivity contribution in [1.29, 1.82) is 0 Å². The third-order valence-corrected chi connectivity index (χ3v) is 5.11. The van der Waals surface area contributed by atoms with Gasteiger partial charge in [0, 0.05) is 32.4 Å². The molecule has 0 saturated carbocycles. The standard InChI is InChI=1S/C19H18BrF4N3O2/c20-15-10-14(21)3-4-16(15)29-12-18(28)27-7-1-6-26(8-9-27)17-5-2-13(11-25-17)19(22,23)24/h2-5,10-11H,1,6-9,12H2. The molecule has 2 heterocycles. The first-order valence-corrected chi connectivity index (χ1v) is 9.67. The Kier molecular flexibility index (Phi) is 6.61. The first-order chi connectivity index (χ1) is 13.7. The van der Waals surface area contributed by atoms with Crippen molar-refractivity contribution in [3.63, 3.8) is 0 Å². The molecule has 0 bridgehead atoms. The average molecular weight is 476 g/mol. The Morgan fingerprint density at radius 1 is 1.14 bits per heavy atom. The minimum Gasteiger partial charge on any atom is -0.483 e. The third kappa shape index (κ3) is 5.59. The number of benzene rings is 1. The Balaban J connectivity index is 1.55. The number of hydrogen-bond acceptors (Lipinski definition) is 4.